The number of carboxylic acid groups (broad SMARTS) is 2. The average Bonchev–Trinajstić information content (AvgIpc) is 3.06. The van der Waals surface area contributed by atoms with E-state index < -0.39 is 62.4 Å². The Kier molecular flexibility index (Phi) is 38.9. The van der Waals surface area contributed by atoms with E-state index in [1.807, 2.05) is 0 Å². The minimum Gasteiger partial charge on any atom is -0.481 e. The molecule has 0 fully saturated rings. The third kappa shape index (κ3) is 32.6. The summed E-state index contributed by atoms with van der Waals surface area (Å²) in [6.07, 6.45) is 24.8. The maximum Gasteiger partial charge on any atom is 0.303 e. The molecule has 0 radical (unpaired) electrons. The van der Waals surface area contributed by atoms with Crippen molar-refractivity contribution >= 4 is 11.9 Å². The SMILES string of the molecule is CCCCCCC(=O)O.CCCCCCCCCCCCCCCCCC(=O)O.OCC(CO)(CO)COCC(CO)(CO)CO. The summed E-state index contributed by atoms with van der Waals surface area (Å²) in [5.41, 5.74) is -2.32. The molecule has 8 N–H and O–H groups in total. The molecule has 0 saturated heterocycles. The van der Waals surface area contributed by atoms with Gasteiger partial charge in [0.15, 0.2) is 0 Å². The van der Waals surface area contributed by atoms with Gasteiger partial charge in [-0.25, -0.2) is 0 Å². The van der Waals surface area contributed by atoms with Crippen LogP contribution in [0.1, 0.15) is 149 Å². The van der Waals surface area contributed by atoms with Crippen molar-refractivity contribution in [2.45, 2.75) is 149 Å². The molecule has 11 heteroatoms. The summed E-state index contributed by atoms with van der Waals surface area (Å²) in [7, 11) is 0. The third-order valence-electron chi connectivity index (χ3n) is 8.07. The zero-order chi connectivity index (χ0) is 35.4. The van der Waals surface area contributed by atoms with Crippen molar-refractivity contribution in [3.8, 4) is 0 Å². The van der Waals surface area contributed by atoms with Gasteiger partial charge in [0.1, 0.15) is 0 Å². The van der Waals surface area contributed by atoms with Crippen LogP contribution in [0.4, 0.5) is 0 Å². The van der Waals surface area contributed by atoms with Crippen LogP contribution < -0.4 is 0 Å². The normalized spacial score (nSPS) is 11.4. The number of aliphatic hydroxyl groups is 6. The molecule has 0 aromatic rings. The molecule has 0 aromatic carbocycles. The van der Waals surface area contributed by atoms with Gasteiger partial charge in [-0.2, -0.15) is 0 Å². The van der Waals surface area contributed by atoms with Gasteiger partial charge < -0.3 is 45.6 Å². The largest absolute Gasteiger partial charge is 0.481 e. The highest BCUT2D eigenvalue weighted by Gasteiger charge is 2.32. The molecule has 0 amide bonds. The van der Waals surface area contributed by atoms with Gasteiger partial charge in [0.05, 0.1) is 63.7 Å². The number of carbonyl (C=O) groups is 2. The fourth-order valence-electron chi connectivity index (χ4n) is 4.41. The first-order valence-corrected chi connectivity index (χ1v) is 17.8. The molecule has 0 bridgehead atoms. The number of unbranched alkanes of at least 4 members (excludes halogenated alkanes) is 17. The molecule has 0 saturated carbocycles. The summed E-state index contributed by atoms with van der Waals surface area (Å²) in [5, 5.41) is 70.9. The predicted octanol–water partition coefficient (Wildman–Crippen LogP) is 5.30. The predicted molar refractivity (Wildman–Crippen MR) is 182 cm³/mol. The van der Waals surface area contributed by atoms with Crippen molar-refractivity contribution in [2.24, 2.45) is 10.8 Å². The fraction of sp³-hybridized carbons (Fsp3) is 0.943. The van der Waals surface area contributed by atoms with Crippen molar-refractivity contribution in [3.05, 3.63) is 0 Å². The molecule has 0 aliphatic rings. The van der Waals surface area contributed by atoms with Crippen molar-refractivity contribution in [3.63, 3.8) is 0 Å². The van der Waals surface area contributed by atoms with Gasteiger partial charge in [0, 0.05) is 12.8 Å². The lowest BCUT2D eigenvalue weighted by Gasteiger charge is -2.31. The minimum absolute atomic E-state index is 0.141. The van der Waals surface area contributed by atoms with Gasteiger partial charge in [-0.05, 0) is 12.8 Å². The summed E-state index contributed by atoms with van der Waals surface area (Å²) in [5.74, 6) is -1.33. The Balaban J connectivity index is -0.000000644. The van der Waals surface area contributed by atoms with E-state index in [1.165, 1.54) is 89.9 Å². The van der Waals surface area contributed by atoms with E-state index in [4.69, 9.17) is 45.6 Å². The zero-order valence-corrected chi connectivity index (χ0v) is 29.3. The van der Waals surface area contributed by atoms with Crippen molar-refractivity contribution in [1.82, 2.24) is 0 Å². The Labute approximate surface area is 279 Å². The van der Waals surface area contributed by atoms with Crippen LogP contribution in [0.3, 0.4) is 0 Å². The Morgan fingerprint density at radius 1 is 0.413 bits per heavy atom. The number of aliphatic hydroxyl groups excluding tert-OH is 6. The highest BCUT2D eigenvalue weighted by molar-refractivity contribution is 5.66. The lowest BCUT2D eigenvalue weighted by Crippen LogP contribution is -2.43. The van der Waals surface area contributed by atoms with E-state index in [0.29, 0.717) is 12.8 Å². The molecule has 0 atom stereocenters. The molecule has 0 spiro atoms. The average molecular weight is 669 g/mol. The summed E-state index contributed by atoms with van der Waals surface area (Å²) >= 11 is 0. The quantitative estimate of drug-likeness (QED) is 0.0445. The van der Waals surface area contributed by atoms with Crippen LogP contribution in [0, 0.1) is 10.8 Å². The monoisotopic (exact) mass is 669 g/mol. The summed E-state index contributed by atoms with van der Waals surface area (Å²) in [4.78, 5) is 20.3. The number of aliphatic carboxylic acids is 2. The number of carboxylic acids is 2. The molecule has 0 aliphatic heterocycles. The van der Waals surface area contributed by atoms with Gasteiger partial charge >= 0.3 is 11.9 Å². The second kappa shape index (κ2) is 36.5. The van der Waals surface area contributed by atoms with Crippen molar-refractivity contribution < 1.29 is 55.2 Å². The molecule has 278 valence electrons. The lowest BCUT2D eigenvalue weighted by atomic mass is 9.91. The van der Waals surface area contributed by atoms with Crippen LogP contribution in [0.15, 0.2) is 0 Å². The van der Waals surface area contributed by atoms with Crippen LogP contribution in [-0.2, 0) is 14.3 Å². The van der Waals surface area contributed by atoms with Gasteiger partial charge in [-0.15, -0.1) is 0 Å². The number of rotatable bonds is 31. The maximum atomic E-state index is 10.3. The van der Waals surface area contributed by atoms with Crippen LogP contribution in [-0.4, -0.2) is 106 Å². The summed E-state index contributed by atoms with van der Waals surface area (Å²) in [6.45, 7) is 1.38. The fourth-order valence-corrected chi connectivity index (χ4v) is 4.41. The van der Waals surface area contributed by atoms with E-state index in [-0.39, 0.29) is 13.2 Å². The third-order valence-corrected chi connectivity index (χ3v) is 8.07. The van der Waals surface area contributed by atoms with E-state index in [0.717, 1.165) is 32.1 Å². The number of hydrogen-bond acceptors (Lipinski definition) is 9. The zero-order valence-electron chi connectivity index (χ0n) is 29.3. The lowest BCUT2D eigenvalue weighted by molar-refractivity contribution is -0.138. The second-order valence-corrected chi connectivity index (χ2v) is 12.7. The molecule has 46 heavy (non-hydrogen) atoms. The standard InChI is InChI=1S/C18H36O2.C10H22O7.C7H14O2/c1-2-3-4-5-6-7-8-9-10-11-12-13-14-15-16-17-18(19)20;11-1-9(2-12,3-13)7-17-8-10(4-14,5-15)6-16;1-2-3-4-5-6-7(8)9/h2-17H2,1H3,(H,19,20);11-16H,1-8H2;2-6H2,1H3,(H,8,9). The molecule has 0 heterocycles. The molecule has 11 nitrogen and oxygen atoms in total. The topological polar surface area (TPSA) is 205 Å². The van der Waals surface area contributed by atoms with Gasteiger partial charge in [-0.3, -0.25) is 9.59 Å². The Morgan fingerprint density at radius 2 is 0.630 bits per heavy atom. The second-order valence-electron chi connectivity index (χ2n) is 12.7. The number of ether oxygens (including phenoxy) is 1. The van der Waals surface area contributed by atoms with Gasteiger partial charge in [-0.1, -0.05) is 123 Å². The summed E-state index contributed by atoms with van der Waals surface area (Å²) in [6, 6.07) is 0. The molecule has 0 aromatic heterocycles. The van der Waals surface area contributed by atoms with Crippen molar-refractivity contribution in [2.75, 3.05) is 52.9 Å². The van der Waals surface area contributed by atoms with E-state index in [9.17, 15) is 9.59 Å². The van der Waals surface area contributed by atoms with Crippen molar-refractivity contribution in [1.29, 1.82) is 0 Å². The van der Waals surface area contributed by atoms with Gasteiger partial charge in [0.25, 0.3) is 0 Å². The Hall–Kier alpha value is -1.34. The summed E-state index contributed by atoms with van der Waals surface area (Å²) < 4.78 is 5.15. The molecular formula is C35H72O11. The van der Waals surface area contributed by atoms with E-state index >= 15 is 0 Å². The Bertz CT molecular complexity index is 602. The smallest absolute Gasteiger partial charge is 0.303 e. The first-order chi connectivity index (χ1) is 22.1. The highest BCUT2D eigenvalue weighted by Crippen LogP contribution is 2.20. The van der Waals surface area contributed by atoms with Crippen LogP contribution in [0.2, 0.25) is 0 Å². The maximum absolute atomic E-state index is 10.3. The first-order valence-electron chi connectivity index (χ1n) is 17.8. The highest BCUT2D eigenvalue weighted by atomic mass is 16.5. The van der Waals surface area contributed by atoms with E-state index in [1.54, 1.807) is 0 Å². The van der Waals surface area contributed by atoms with Crippen LogP contribution in [0.5, 0.6) is 0 Å². The van der Waals surface area contributed by atoms with Gasteiger partial charge in [0.2, 0.25) is 0 Å². The van der Waals surface area contributed by atoms with E-state index in [2.05, 4.69) is 13.8 Å². The molecule has 0 aliphatic carbocycles. The Morgan fingerprint density at radius 3 is 0.848 bits per heavy atom. The molecule has 0 unspecified atom stereocenters. The minimum atomic E-state index is -1.16. The molecule has 0 rings (SSSR count). The first kappa shape index (κ1) is 49.1. The van der Waals surface area contributed by atoms with Crippen LogP contribution >= 0.6 is 0 Å². The number of hydrogen-bond donors (Lipinski definition) is 8. The molecular weight excluding hydrogens is 596 g/mol. The van der Waals surface area contributed by atoms with Crippen LogP contribution in [0.25, 0.3) is 0 Å².